The molecule has 0 aliphatic carbocycles. The van der Waals surface area contributed by atoms with Crippen molar-refractivity contribution in [3.05, 3.63) is 90.0 Å². The van der Waals surface area contributed by atoms with Gasteiger partial charge in [0.05, 0.1) is 13.2 Å². The zero-order valence-corrected chi connectivity index (χ0v) is 18.0. The highest BCUT2D eigenvalue weighted by Gasteiger charge is 2.37. The van der Waals surface area contributed by atoms with Gasteiger partial charge in [-0.15, -0.1) is 0 Å². The van der Waals surface area contributed by atoms with Crippen molar-refractivity contribution in [2.24, 2.45) is 0 Å². The molecule has 3 aromatic rings. The molecule has 5 heteroatoms. The molecule has 2 unspecified atom stereocenters. The highest BCUT2D eigenvalue weighted by atomic mass is 16.5. The van der Waals surface area contributed by atoms with Gasteiger partial charge in [0, 0.05) is 29.9 Å². The van der Waals surface area contributed by atoms with Crippen molar-refractivity contribution in [2.45, 2.75) is 32.4 Å². The minimum absolute atomic E-state index is 0.00569. The van der Waals surface area contributed by atoms with Gasteiger partial charge in [-0.2, -0.15) is 0 Å². The summed E-state index contributed by atoms with van der Waals surface area (Å²) < 4.78 is 5.24. The van der Waals surface area contributed by atoms with Crippen molar-refractivity contribution in [1.82, 2.24) is 0 Å². The molecule has 1 aliphatic rings. The predicted molar refractivity (Wildman–Crippen MR) is 123 cm³/mol. The van der Waals surface area contributed by atoms with Crippen molar-refractivity contribution >= 4 is 23.2 Å². The SMILES string of the molecule is COc1ccc(C(=O)N(c2ccccc2)C2CC(C)N(C(C)=O)c3ccccc32)cc1. The second-order valence-corrected chi connectivity index (χ2v) is 7.79. The van der Waals surface area contributed by atoms with Gasteiger partial charge in [-0.3, -0.25) is 9.59 Å². The molecule has 0 N–H and O–H groups in total. The average Bonchev–Trinajstić information content (AvgIpc) is 2.79. The molecule has 0 radical (unpaired) electrons. The zero-order chi connectivity index (χ0) is 22.0. The molecule has 5 nitrogen and oxygen atoms in total. The number of nitrogens with zero attached hydrogens (tertiary/aromatic N) is 2. The second-order valence-electron chi connectivity index (χ2n) is 7.79. The fourth-order valence-corrected chi connectivity index (χ4v) is 4.41. The number of benzene rings is 3. The minimum Gasteiger partial charge on any atom is -0.497 e. The number of ether oxygens (including phenoxy) is 1. The number of hydrogen-bond acceptors (Lipinski definition) is 3. The fraction of sp³-hybridized carbons (Fsp3) is 0.231. The predicted octanol–water partition coefficient (Wildman–Crippen LogP) is 5.23. The molecule has 0 saturated heterocycles. The number of rotatable bonds is 4. The Bertz CT molecular complexity index is 1080. The van der Waals surface area contributed by atoms with Gasteiger partial charge in [0.25, 0.3) is 5.91 Å². The van der Waals surface area contributed by atoms with Gasteiger partial charge >= 0.3 is 0 Å². The van der Waals surface area contributed by atoms with Gasteiger partial charge in [0.1, 0.15) is 5.75 Å². The van der Waals surface area contributed by atoms with Gasteiger partial charge in [-0.1, -0.05) is 36.4 Å². The van der Waals surface area contributed by atoms with E-state index in [1.54, 1.807) is 38.3 Å². The summed E-state index contributed by atoms with van der Waals surface area (Å²) in [7, 11) is 1.61. The first-order valence-corrected chi connectivity index (χ1v) is 10.4. The van der Waals surface area contributed by atoms with E-state index in [2.05, 4.69) is 0 Å². The van der Waals surface area contributed by atoms with E-state index in [9.17, 15) is 9.59 Å². The Hall–Kier alpha value is -3.60. The van der Waals surface area contributed by atoms with E-state index in [1.807, 2.05) is 71.3 Å². The van der Waals surface area contributed by atoms with E-state index < -0.39 is 0 Å². The van der Waals surface area contributed by atoms with Crippen LogP contribution in [0.3, 0.4) is 0 Å². The number of carbonyl (C=O) groups excluding carboxylic acids is 2. The van der Waals surface area contributed by atoms with Crippen LogP contribution in [0.5, 0.6) is 5.75 Å². The topological polar surface area (TPSA) is 49.9 Å². The van der Waals surface area contributed by atoms with Crippen LogP contribution in [0.25, 0.3) is 0 Å². The summed E-state index contributed by atoms with van der Waals surface area (Å²) in [5, 5.41) is 0. The number of carbonyl (C=O) groups is 2. The monoisotopic (exact) mass is 414 g/mol. The molecule has 1 aliphatic heterocycles. The molecule has 0 fully saturated rings. The smallest absolute Gasteiger partial charge is 0.258 e. The maximum absolute atomic E-state index is 13.8. The summed E-state index contributed by atoms with van der Waals surface area (Å²) >= 11 is 0. The first-order chi connectivity index (χ1) is 15.0. The van der Waals surface area contributed by atoms with Crippen LogP contribution in [-0.2, 0) is 4.79 Å². The lowest BCUT2D eigenvalue weighted by atomic mass is 9.89. The number of fused-ring (bicyclic) bond motifs is 1. The van der Waals surface area contributed by atoms with Crippen molar-refractivity contribution < 1.29 is 14.3 Å². The first kappa shape index (κ1) is 20.7. The molecule has 1 heterocycles. The van der Waals surface area contributed by atoms with Crippen molar-refractivity contribution in [3.63, 3.8) is 0 Å². The van der Waals surface area contributed by atoms with Gasteiger partial charge in [0.2, 0.25) is 5.91 Å². The number of para-hydroxylation sites is 2. The van der Waals surface area contributed by atoms with Crippen molar-refractivity contribution in [3.8, 4) is 5.75 Å². The molecule has 0 saturated carbocycles. The van der Waals surface area contributed by atoms with E-state index in [0.717, 1.165) is 16.9 Å². The average molecular weight is 415 g/mol. The highest BCUT2D eigenvalue weighted by Crippen LogP contribution is 2.42. The van der Waals surface area contributed by atoms with E-state index in [1.165, 1.54) is 0 Å². The van der Waals surface area contributed by atoms with Gasteiger partial charge in [-0.05, 0) is 61.4 Å². The van der Waals surface area contributed by atoms with Crippen LogP contribution >= 0.6 is 0 Å². The number of methoxy groups -OCH3 is 1. The van der Waals surface area contributed by atoms with E-state index >= 15 is 0 Å². The minimum atomic E-state index is -0.196. The Morgan fingerprint density at radius 3 is 2.23 bits per heavy atom. The Morgan fingerprint density at radius 2 is 1.58 bits per heavy atom. The van der Waals surface area contributed by atoms with E-state index in [4.69, 9.17) is 4.74 Å². The maximum Gasteiger partial charge on any atom is 0.258 e. The largest absolute Gasteiger partial charge is 0.497 e. The maximum atomic E-state index is 13.8. The van der Waals surface area contributed by atoms with E-state index in [-0.39, 0.29) is 23.9 Å². The normalized spacial score (nSPS) is 17.6. The summed E-state index contributed by atoms with van der Waals surface area (Å²) in [6.45, 7) is 3.62. The fourth-order valence-electron chi connectivity index (χ4n) is 4.41. The highest BCUT2D eigenvalue weighted by molar-refractivity contribution is 6.07. The molecule has 4 rings (SSSR count). The lowest BCUT2D eigenvalue weighted by Crippen LogP contribution is -2.47. The third-order valence-electron chi connectivity index (χ3n) is 5.80. The molecule has 3 aromatic carbocycles. The van der Waals surface area contributed by atoms with E-state index in [0.29, 0.717) is 17.7 Å². The molecular weight excluding hydrogens is 388 g/mol. The summed E-state index contributed by atoms with van der Waals surface area (Å²) in [6, 6.07) is 24.5. The Balaban J connectivity index is 1.83. The number of hydrogen-bond donors (Lipinski definition) is 0. The number of anilines is 2. The van der Waals surface area contributed by atoms with Crippen LogP contribution in [0.4, 0.5) is 11.4 Å². The third-order valence-corrected chi connectivity index (χ3v) is 5.80. The molecule has 0 bridgehead atoms. The first-order valence-electron chi connectivity index (χ1n) is 10.4. The van der Waals surface area contributed by atoms with Crippen LogP contribution in [0, 0.1) is 0 Å². The summed E-state index contributed by atoms with van der Waals surface area (Å²) in [5.41, 5.74) is 3.25. The van der Waals surface area contributed by atoms with Crippen molar-refractivity contribution in [2.75, 3.05) is 16.9 Å². The number of amides is 2. The van der Waals surface area contributed by atoms with Crippen molar-refractivity contribution in [1.29, 1.82) is 0 Å². The standard InChI is InChI=1S/C26H26N2O3/c1-18-17-25(23-11-7-8-12-24(23)27(18)19(2)29)28(21-9-5-4-6-10-21)26(30)20-13-15-22(31-3)16-14-20/h4-16,18,25H,17H2,1-3H3. The zero-order valence-electron chi connectivity index (χ0n) is 18.0. The van der Waals surface area contributed by atoms with Crippen LogP contribution < -0.4 is 14.5 Å². The van der Waals surface area contributed by atoms with Gasteiger partial charge in [-0.25, -0.2) is 0 Å². The summed E-state index contributed by atoms with van der Waals surface area (Å²) in [6.07, 6.45) is 0.646. The Labute approximate surface area is 182 Å². The summed E-state index contributed by atoms with van der Waals surface area (Å²) in [5.74, 6) is 0.625. The molecule has 2 atom stereocenters. The lowest BCUT2D eigenvalue weighted by molar-refractivity contribution is -0.117. The Kier molecular flexibility index (Phi) is 5.76. The van der Waals surface area contributed by atoms with Crippen LogP contribution in [-0.4, -0.2) is 25.0 Å². The van der Waals surface area contributed by atoms with Gasteiger partial charge in [0.15, 0.2) is 0 Å². The lowest BCUT2D eigenvalue weighted by Gasteiger charge is -2.43. The molecule has 158 valence electrons. The summed E-state index contributed by atoms with van der Waals surface area (Å²) in [4.78, 5) is 29.8. The molecule has 31 heavy (non-hydrogen) atoms. The molecule has 0 spiro atoms. The molecular formula is C26H26N2O3. The molecule has 2 amide bonds. The van der Waals surface area contributed by atoms with Crippen LogP contribution in [0.2, 0.25) is 0 Å². The third kappa shape index (κ3) is 3.91. The molecule has 0 aromatic heterocycles. The second kappa shape index (κ2) is 8.64. The van der Waals surface area contributed by atoms with Crippen LogP contribution in [0.15, 0.2) is 78.9 Å². The van der Waals surface area contributed by atoms with Gasteiger partial charge < -0.3 is 14.5 Å². The quantitative estimate of drug-likeness (QED) is 0.587. The Morgan fingerprint density at radius 1 is 0.935 bits per heavy atom. The van der Waals surface area contributed by atoms with Crippen LogP contribution in [0.1, 0.15) is 42.2 Å².